The van der Waals surface area contributed by atoms with Gasteiger partial charge in [-0.15, -0.1) is 11.8 Å². The maximum atomic E-state index is 13.9. The quantitative estimate of drug-likeness (QED) is 0.222. The van der Waals surface area contributed by atoms with Crippen molar-refractivity contribution in [1.82, 2.24) is 4.57 Å². The second-order valence-electron chi connectivity index (χ2n) is 8.26. The highest BCUT2D eigenvalue weighted by molar-refractivity contribution is 9.10. The molecule has 5 nitrogen and oxygen atoms in total. The third kappa shape index (κ3) is 5.14. The van der Waals surface area contributed by atoms with Gasteiger partial charge in [-0.2, -0.15) is 0 Å². The topological polar surface area (TPSA) is 60.7 Å². The van der Waals surface area contributed by atoms with Gasteiger partial charge in [-0.05, 0) is 54.6 Å². The number of carbonyl (C=O) groups is 1. The van der Waals surface area contributed by atoms with E-state index < -0.39 is 12.0 Å². The molecule has 1 aliphatic rings. The highest BCUT2D eigenvalue weighted by Gasteiger charge is 2.35. The Morgan fingerprint density at radius 3 is 2.43 bits per heavy atom. The van der Waals surface area contributed by atoms with Crippen LogP contribution in [0, 0.1) is 0 Å². The lowest BCUT2D eigenvalue weighted by Crippen LogP contribution is -2.40. The van der Waals surface area contributed by atoms with E-state index in [9.17, 15) is 9.59 Å². The molecule has 5 rings (SSSR count). The average molecular weight is 592 g/mol. The monoisotopic (exact) mass is 590 g/mol. The lowest BCUT2D eigenvalue weighted by atomic mass is 9.93. The molecular formula is C29H23BrN2O3S2. The average Bonchev–Trinajstić information content (AvgIpc) is 3.24. The fourth-order valence-electron chi connectivity index (χ4n) is 4.25. The minimum atomic E-state index is -0.673. The zero-order valence-electron chi connectivity index (χ0n) is 20.2. The van der Waals surface area contributed by atoms with E-state index in [0.29, 0.717) is 20.6 Å². The van der Waals surface area contributed by atoms with Gasteiger partial charge in [0.1, 0.15) is 0 Å². The molecule has 0 N–H and O–H groups in total. The molecule has 37 heavy (non-hydrogen) atoms. The Morgan fingerprint density at radius 1 is 1.08 bits per heavy atom. The van der Waals surface area contributed by atoms with E-state index in [2.05, 4.69) is 15.9 Å². The van der Waals surface area contributed by atoms with E-state index in [0.717, 1.165) is 26.1 Å². The largest absolute Gasteiger partial charge is 0.463 e. The van der Waals surface area contributed by atoms with Gasteiger partial charge in [0, 0.05) is 14.9 Å². The molecule has 1 aliphatic heterocycles. The summed E-state index contributed by atoms with van der Waals surface area (Å²) in [7, 11) is 0. The molecule has 2 heterocycles. The summed E-state index contributed by atoms with van der Waals surface area (Å²) in [6, 6.07) is 24.6. The number of rotatable bonds is 6. The normalized spacial score (nSPS) is 15.3. The number of aromatic nitrogens is 1. The Labute approximate surface area is 231 Å². The number of benzene rings is 3. The van der Waals surface area contributed by atoms with E-state index >= 15 is 0 Å². The summed E-state index contributed by atoms with van der Waals surface area (Å²) in [5.41, 5.74) is 3.20. The smallest absolute Gasteiger partial charge is 0.338 e. The summed E-state index contributed by atoms with van der Waals surface area (Å²) in [6.07, 6.45) is 3.87. The molecule has 0 saturated carbocycles. The van der Waals surface area contributed by atoms with Crippen LogP contribution in [0.2, 0.25) is 0 Å². The van der Waals surface area contributed by atoms with Gasteiger partial charge < -0.3 is 4.74 Å². The van der Waals surface area contributed by atoms with Crippen LogP contribution in [0.3, 0.4) is 0 Å². The predicted molar refractivity (Wildman–Crippen MR) is 153 cm³/mol. The minimum absolute atomic E-state index is 0.195. The van der Waals surface area contributed by atoms with Crippen LogP contribution in [0.5, 0.6) is 0 Å². The van der Waals surface area contributed by atoms with Crippen molar-refractivity contribution >= 4 is 56.8 Å². The van der Waals surface area contributed by atoms with Gasteiger partial charge in [-0.25, -0.2) is 9.79 Å². The molecule has 0 amide bonds. The summed E-state index contributed by atoms with van der Waals surface area (Å²) in [6.45, 7) is 1.99. The molecular weight excluding hydrogens is 568 g/mol. The fraction of sp³-hybridized carbons (Fsp3) is 0.138. The first kappa shape index (κ1) is 25.4. The first-order chi connectivity index (χ1) is 18.0. The van der Waals surface area contributed by atoms with Crippen LogP contribution in [0.15, 0.2) is 104 Å². The highest BCUT2D eigenvalue weighted by Crippen LogP contribution is 2.35. The molecule has 4 aromatic rings. The van der Waals surface area contributed by atoms with Crippen molar-refractivity contribution in [3.63, 3.8) is 0 Å². The van der Waals surface area contributed by atoms with Crippen molar-refractivity contribution in [2.24, 2.45) is 4.99 Å². The van der Waals surface area contributed by atoms with E-state index in [-0.39, 0.29) is 12.2 Å². The Hall–Kier alpha value is -3.20. The van der Waals surface area contributed by atoms with Gasteiger partial charge in [-0.3, -0.25) is 9.36 Å². The SMILES string of the molecule is CCOC(=O)C1=C(c2ccccc2)N=c2s/c(=C\c3ccc(Br)cc3)c(=O)n2[C@@H]1c1ccc(SC)cc1. The predicted octanol–water partition coefficient (Wildman–Crippen LogP) is 5.42. The molecule has 0 fully saturated rings. The molecule has 8 heteroatoms. The molecule has 0 radical (unpaired) electrons. The summed E-state index contributed by atoms with van der Waals surface area (Å²) >= 11 is 6.41. The summed E-state index contributed by atoms with van der Waals surface area (Å²) in [5.74, 6) is -0.480. The van der Waals surface area contributed by atoms with Crippen LogP contribution in [0.25, 0.3) is 11.8 Å². The van der Waals surface area contributed by atoms with Crippen molar-refractivity contribution in [3.05, 3.63) is 125 Å². The van der Waals surface area contributed by atoms with Gasteiger partial charge in [0.25, 0.3) is 5.56 Å². The number of fused-ring (bicyclic) bond motifs is 1. The highest BCUT2D eigenvalue weighted by atomic mass is 79.9. The van der Waals surface area contributed by atoms with Gasteiger partial charge >= 0.3 is 5.97 Å². The van der Waals surface area contributed by atoms with Crippen molar-refractivity contribution in [2.45, 2.75) is 17.9 Å². The Bertz CT molecular complexity index is 1660. The Morgan fingerprint density at radius 2 is 1.78 bits per heavy atom. The maximum Gasteiger partial charge on any atom is 0.338 e. The Kier molecular flexibility index (Phi) is 7.60. The third-order valence-electron chi connectivity index (χ3n) is 5.97. The van der Waals surface area contributed by atoms with Crippen LogP contribution in [-0.4, -0.2) is 23.4 Å². The van der Waals surface area contributed by atoms with E-state index in [4.69, 9.17) is 9.73 Å². The molecule has 0 spiro atoms. The first-order valence-corrected chi connectivity index (χ1v) is 14.5. The number of hydrogen-bond donors (Lipinski definition) is 0. The zero-order valence-corrected chi connectivity index (χ0v) is 23.4. The van der Waals surface area contributed by atoms with Crippen molar-refractivity contribution in [1.29, 1.82) is 0 Å². The number of hydrogen-bond acceptors (Lipinski definition) is 6. The molecule has 0 aliphatic carbocycles. The van der Waals surface area contributed by atoms with Crippen LogP contribution in [0.1, 0.15) is 29.7 Å². The van der Waals surface area contributed by atoms with Crippen molar-refractivity contribution in [3.8, 4) is 0 Å². The van der Waals surface area contributed by atoms with Gasteiger partial charge in [-0.1, -0.05) is 81.9 Å². The number of nitrogens with zero attached hydrogens (tertiary/aromatic N) is 2. The number of esters is 1. The molecule has 0 bridgehead atoms. The molecule has 1 aromatic heterocycles. The number of thiazole rings is 1. The van der Waals surface area contributed by atoms with Gasteiger partial charge in [0.15, 0.2) is 4.80 Å². The summed E-state index contributed by atoms with van der Waals surface area (Å²) in [5, 5.41) is 0. The van der Waals surface area contributed by atoms with E-state index in [1.165, 1.54) is 11.3 Å². The van der Waals surface area contributed by atoms with Crippen LogP contribution in [-0.2, 0) is 9.53 Å². The lowest BCUT2D eigenvalue weighted by molar-refractivity contribution is -0.138. The van der Waals surface area contributed by atoms with Crippen LogP contribution in [0.4, 0.5) is 0 Å². The number of ether oxygens (including phenoxy) is 1. The van der Waals surface area contributed by atoms with Crippen LogP contribution < -0.4 is 14.9 Å². The van der Waals surface area contributed by atoms with E-state index in [1.54, 1.807) is 23.3 Å². The van der Waals surface area contributed by atoms with Gasteiger partial charge in [0.2, 0.25) is 0 Å². The number of thioether (sulfide) groups is 1. The number of halogens is 1. The molecule has 0 saturated heterocycles. The third-order valence-corrected chi connectivity index (χ3v) is 8.23. The molecule has 0 unspecified atom stereocenters. The maximum absolute atomic E-state index is 13.9. The van der Waals surface area contributed by atoms with Crippen molar-refractivity contribution in [2.75, 3.05) is 12.9 Å². The second kappa shape index (κ2) is 11.0. The van der Waals surface area contributed by atoms with Crippen molar-refractivity contribution < 1.29 is 9.53 Å². The van der Waals surface area contributed by atoms with E-state index in [1.807, 2.05) is 91.2 Å². The first-order valence-electron chi connectivity index (χ1n) is 11.7. The summed E-state index contributed by atoms with van der Waals surface area (Å²) < 4.78 is 8.65. The standard InChI is InChI=1S/C29H23BrN2O3S2/c1-3-35-28(34)24-25(19-7-5-4-6-8-19)31-29-32(26(24)20-11-15-22(36-2)16-12-20)27(33)23(37-29)17-18-9-13-21(30)14-10-18/h4-17,26H,3H2,1-2H3/b23-17-/t26-/m1/s1. The summed E-state index contributed by atoms with van der Waals surface area (Å²) in [4.78, 5) is 33.8. The fourth-order valence-corrected chi connectivity index (χ4v) is 5.93. The number of carbonyl (C=O) groups excluding carboxylic acids is 1. The van der Waals surface area contributed by atoms with Crippen LogP contribution >= 0.6 is 39.0 Å². The minimum Gasteiger partial charge on any atom is -0.463 e. The molecule has 186 valence electrons. The lowest BCUT2D eigenvalue weighted by Gasteiger charge is -2.26. The zero-order chi connectivity index (χ0) is 25.9. The Balaban J connectivity index is 1.81. The molecule has 1 atom stereocenters. The molecule has 3 aromatic carbocycles. The van der Waals surface area contributed by atoms with Gasteiger partial charge in [0.05, 0.1) is 28.5 Å². The second-order valence-corrected chi connectivity index (χ2v) is 11.1.